The minimum atomic E-state index is 0. The van der Waals surface area contributed by atoms with Gasteiger partial charge in [0.1, 0.15) is 0 Å². The van der Waals surface area contributed by atoms with Crippen LogP contribution >= 0.6 is 0 Å². The maximum atomic E-state index is 8.68. The molecule has 0 spiro atoms. The summed E-state index contributed by atoms with van der Waals surface area (Å²) in [5, 5.41) is 0. The Bertz CT molecular complexity index is 22.0. The van der Waals surface area contributed by atoms with Crippen molar-refractivity contribution in [2.45, 2.75) is 20.3 Å². The van der Waals surface area contributed by atoms with Gasteiger partial charge in [0, 0.05) is 0 Å². The second kappa shape index (κ2) is 35.1. The van der Waals surface area contributed by atoms with Gasteiger partial charge >= 0.3 is 16.5 Å². The van der Waals surface area contributed by atoms with Crippen molar-refractivity contribution in [1.29, 1.82) is 0 Å². The quantitative estimate of drug-likeness (QED) is 0.371. The third-order valence-corrected chi connectivity index (χ3v) is 0. The molecule has 0 N–H and O–H groups in total. The first-order chi connectivity index (χ1) is 2.83. The van der Waals surface area contributed by atoms with E-state index < -0.39 is 0 Å². The van der Waals surface area contributed by atoms with E-state index in [0.717, 1.165) is 6.42 Å². The molecule has 0 aromatic carbocycles. The van der Waals surface area contributed by atoms with Gasteiger partial charge in [0.15, 0.2) is 0 Å². The van der Waals surface area contributed by atoms with E-state index in [1.807, 2.05) is 6.92 Å². The molecule has 0 aromatic rings. The van der Waals surface area contributed by atoms with Crippen molar-refractivity contribution in [3.63, 3.8) is 0 Å². The van der Waals surface area contributed by atoms with Gasteiger partial charge in [-0.25, -0.2) is 0 Å². The molecule has 0 saturated heterocycles. The smallest absolute Gasteiger partial charge is 0.542 e. The van der Waals surface area contributed by atoms with E-state index in [1.165, 1.54) is 13.2 Å². The minimum absolute atomic E-state index is 0. The van der Waals surface area contributed by atoms with E-state index in [4.69, 9.17) is 4.79 Å². The summed E-state index contributed by atoms with van der Waals surface area (Å²) in [6.45, 7) is 6.82. The van der Waals surface area contributed by atoms with E-state index in [9.17, 15) is 0 Å². The summed E-state index contributed by atoms with van der Waals surface area (Å²) in [5.41, 5.74) is 0. The summed E-state index contributed by atoms with van der Waals surface area (Å²) in [5.74, 6) is 0. The fourth-order valence-corrected chi connectivity index (χ4v) is 0. The molecule has 0 heterocycles. The van der Waals surface area contributed by atoms with Crippen LogP contribution in [0.15, 0.2) is 0 Å². The van der Waals surface area contributed by atoms with Crippen molar-refractivity contribution in [2.24, 2.45) is 0 Å². The third kappa shape index (κ3) is 4000. The Morgan fingerprint density at radius 3 is 1.71 bits per heavy atom. The van der Waals surface area contributed by atoms with Gasteiger partial charge in [-0.1, -0.05) is 6.92 Å². The molecule has 0 unspecified atom stereocenters. The predicted octanol–water partition coefficient (Wildman–Crippen LogP) is 1.34. The Labute approximate surface area is 55.4 Å². The normalized spacial score (nSPS) is 4.43. The van der Waals surface area contributed by atoms with Crippen LogP contribution in [0.1, 0.15) is 20.3 Å². The van der Waals surface area contributed by atoms with E-state index in [0.29, 0.717) is 0 Å². The molecule has 0 aliphatic heterocycles. The monoisotopic (exact) mass is 144 g/mol. The van der Waals surface area contributed by atoms with E-state index in [-0.39, 0.29) is 16.5 Å². The standard InChI is InChI=1S/C3H7.C2H3O.Ni/c1-3-2;1-2-3;/h1,3H2,2H3;1H3;/q2*-1;+2. The first kappa shape index (κ1) is 15.7. The summed E-state index contributed by atoms with van der Waals surface area (Å²) < 4.78 is 0. The van der Waals surface area contributed by atoms with Crippen molar-refractivity contribution >= 4 is 6.29 Å². The maximum absolute atomic E-state index is 8.68. The van der Waals surface area contributed by atoms with Gasteiger partial charge in [-0.2, -0.15) is 13.3 Å². The molecular weight excluding hydrogens is 135 g/mol. The molecule has 1 nitrogen and oxygen atoms in total. The zero-order valence-electron chi connectivity index (χ0n) is 4.64. The number of rotatable bonds is 0. The van der Waals surface area contributed by atoms with Crippen LogP contribution in [0.25, 0.3) is 0 Å². The molecule has 0 aliphatic rings. The molecule has 0 fully saturated rings. The van der Waals surface area contributed by atoms with E-state index in [1.54, 1.807) is 0 Å². The molecular formula is C5H10NiO. The van der Waals surface area contributed by atoms with Crippen molar-refractivity contribution in [3.8, 4) is 0 Å². The molecule has 0 radical (unpaired) electrons. The van der Waals surface area contributed by atoms with Gasteiger partial charge in [0.2, 0.25) is 0 Å². The van der Waals surface area contributed by atoms with Crippen LogP contribution in [0.2, 0.25) is 0 Å². The predicted molar refractivity (Wildman–Crippen MR) is 27.0 cm³/mol. The topological polar surface area (TPSA) is 17.1 Å². The van der Waals surface area contributed by atoms with E-state index >= 15 is 0 Å². The molecule has 46 valence electrons. The fraction of sp³-hybridized carbons (Fsp3) is 0.600. The van der Waals surface area contributed by atoms with Gasteiger partial charge in [0.05, 0.1) is 0 Å². The van der Waals surface area contributed by atoms with Crippen molar-refractivity contribution < 1.29 is 21.3 Å². The maximum Gasteiger partial charge on any atom is 2.00 e. The van der Waals surface area contributed by atoms with Gasteiger partial charge in [-0.15, -0.1) is 0 Å². The summed E-state index contributed by atoms with van der Waals surface area (Å²) in [6.07, 6.45) is 2.50. The zero-order valence-corrected chi connectivity index (χ0v) is 5.63. The number of hydrogen-bond acceptors (Lipinski definition) is 1. The summed E-state index contributed by atoms with van der Waals surface area (Å²) >= 11 is 0. The van der Waals surface area contributed by atoms with Crippen LogP contribution in [0, 0.1) is 6.92 Å². The Kier molecular flexibility index (Phi) is 78.7. The van der Waals surface area contributed by atoms with Crippen LogP contribution < -0.4 is 0 Å². The first-order valence-corrected chi connectivity index (χ1v) is 1.91. The molecule has 0 aliphatic carbocycles. The van der Waals surface area contributed by atoms with Crippen molar-refractivity contribution in [2.75, 3.05) is 0 Å². The average molecular weight is 145 g/mol. The van der Waals surface area contributed by atoms with Crippen molar-refractivity contribution in [1.82, 2.24) is 0 Å². The molecule has 7 heavy (non-hydrogen) atoms. The molecule has 2 heteroatoms. The van der Waals surface area contributed by atoms with Gasteiger partial charge < -0.3 is 11.7 Å². The molecule has 0 rings (SSSR count). The van der Waals surface area contributed by atoms with Gasteiger partial charge in [0.25, 0.3) is 0 Å². The largest absolute Gasteiger partial charge is 2.00 e. The SMILES string of the molecule is C[C-]=O.[CH2-]CC.[Ni+2]. The molecule has 0 atom stereocenters. The summed E-state index contributed by atoms with van der Waals surface area (Å²) in [7, 11) is 0. The molecule has 0 bridgehead atoms. The molecule has 0 saturated carbocycles. The van der Waals surface area contributed by atoms with Crippen LogP contribution in [-0.4, -0.2) is 6.29 Å². The average Bonchev–Trinajstić information content (AvgIpc) is 1.39. The second-order valence-corrected chi connectivity index (χ2v) is 0.704. The van der Waals surface area contributed by atoms with Crippen molar-refractivity contribution in [3.05, 3.63) is 6.92 Å². The van der Waals surface area contributed by atoms with Crippen LogP contribution in [0.3, 0.4) is 0 Å². The van der Waals surface area contributed by atoms with Gasteiger partial charge in [-0.3, -0.25) is 6.29 Å². The summed E-state index contributed by atoms with van der Waals surface area (Å²) in [4.78, 5) is 8.68. The Balaban J connectivity index is -0.0000000400. The number of hydrogen-bond donors (Lipinski definition) is 0. The van der Waals surface area contributed by atoms with Gasteiger partial charge in [-0.05, 0) is 0 Å². The molecule has 0 aromatic heterocycles. The molecule has 0 amide bonds. The van der Waals surface area contributed by atoms with E-state index in [2.05, 4.69) is 6.92 Å². The van der Waals surface area contributed by atoms with Crippen LogP contribution in [0.5, 0.6) is 0 Å². The second-order valence-electron chi connectivity index (χ2n) is 0.704. The fourth-order valence-electron chi connectivity index (χ4n) is 0. The third-order valence-electron chi connectivity index (χ3n) is 0. The number of carbonyl (C=O) groups excluding carboxylic acids is 1. The van der Waals surface area contributed by atoms with Crippen LogP contribution in [-0.2, 0) is 21.3 Å². The minimum Gasteiger partial charge on any atom is -0.542 e. The summed E-state index contributed by atoms with van der Waals surface area (Å²) in [6, 6.07) is 0. The first-order valence-electron chi connectivity index (χ1n) is 1.91. The Hall–Kier alpha value is 0.164. The zero-order chi connectivity index (χ0) is 5.41. The van der Waals surface area contributed by atoms with Crippen LogP contribution in [0.4, 0.5) is 0 Å². The Morgan fingerprint density at radius 1 is 1.71 bits per heavy atom. The Morgan fingerprint density at radius 2 is 1.71 bits per heavy atom.